The Balaban J connectivity index is 0.00000324. The molecule has 4 N–H and O–H groups in total. The SMILES string of the molecule is N.O=S(=O)(O)c1ccc(C(Cl)(Cl)Cl)cc1C(Cl)(Cl)Cl. The average molecular weight is 410 g/mol. The Morgan fingerprint density at radius 2 is 1.42 bits per heavy atom. The lowest BCUT2D eigenvalue weighted by molar-refractivity contribution is 0.482. The van der Waals surface area contributed by atoms with Crippen molar-refractivity contribution in [1.82, 2.24) is 6.15 Å². The van der Waals surface area contributed by atoms with E-state index >= 15 is 0 Å². The monoisotopic (exact) mass is 407 g/mol. The third kappa shape index (κ3) is 5.26. The largest absolute Gasteiger partial charge is 0.344 e. The molecule has 0 radical (unpaired) electrons. The van der Waals surface area contributed by atoms with E-state index in [1.165, 1.54) is 6.07 Å². The lowest BCUT2D eigenvalue weighted by atomic mass is 10.1. The molecule has 1 aromatic carbocycles. The minimum Gasteiger partial charge on any atom is -0.344 e. The van der Waals surface area contributed by atoms with Crippen molar-refractivity contribution in [2.24, 2.45) is 0 Å². The first-order valence-corrected chi connectivity index (χ1v) is 7.80. The van der Waals surface area contributed by atoms with Gasteiger partial charge in [0.15, 0.2) is 0 Å². The molecule has 0 unspecified atom stereocenters. The molecule has 1 aromatic rings. The summed E-state index contributed by atoms with van der Waals surface area (Å²) in [7, 11) is -4.56. The fourth-order valence-corrected chi connectivity index (χ4v) is 2.87. The standard InChI is InChI=1S/C8H4Cl6O3S.H3N/c9-7(10,11)4-1-2-6(18(15,16)17)5(3-4)8(12,13)14;/h1-3H,(H,15,16,17);1H3. The van der Waals surface area contributed by atoms with Crippen molar-refractivity contribution < 1.29 is 13.0 Å². The highest BCUT2D eigenvalue weighted by molar-refractivity contribution is 7.85. The Bertz CT molecular complexity index is 563. The maximum absolute atomic E-state index is 11.1. The maximum atomic E-state index is 11.1. The summed E-state index contributed by atoms with van der Waals surface area (Å²) in [5.74, 6) is 0. The second-order valence-electron chi connectivity index (χ2n) is 3.18. The Kier molecular flexibility index (Phi) is 6.57. The molecular formula is C8H7Cl6NO3S. The third-order valence-electron chi connectivity index (χ3n) is 1.89. The van der Waals surface area contributed by atoms with Crippen LogP contribution in [0.15, 0.2) is 23.1 Å². The Hall–Kier alpha value is 0.830. The van der Waals surface area contributed by atoms with Gasteiger partial charge in [-0.3, -0.25) is 4.55 Å². The number of hydrogen-bond acceptors (Lipinski definition) is 3. The molecule has 0 spiro atoms. The van der Waals surface area contributed by atoms with E-state index in [4.69, 9.17) is 74.2 Å². The Morgan fingerprint density at radius 3 is 1.74 bits per heavy atom. The molecule has 0 heterocycles. The summed E-state index contributed by atoms with van der Waals surface area (Å²) in [6.07, 6.45) is 0. The molecule has 0 saturated heterocycles. The third-order valence-corrected chi connectivity index (χ3v) is 4.07. The van der Waals surface area contributed by atoms with Gasteiger partial charge in [0.05, 0.1) is 0 Å². The van der Waals surface area contributed by atoms with Crippen molar-refractivity contribution >= 4 is 79.7 Å². The minimum atomic E-state index is -4.56. The van der Waals surface area contributed by atoms with Crippen molar-refractivity contribution in [1.29, 1.82) is 0 Å². The van der Waals surface area contributed by atoms with Crippen LogP contribution in [0.2, 0.25) is 0 Å². The highest BCUT2D eigenvalue weighted by Gasteiger charge is 2.33. The Labute approximate surface area is 140 Å². The van der Waals surface area contributed by atoms with E-state index in [9.17, 15) is 8.42 Å². The highest BCUT2D eigenvalue weighted by atomic mass is 35.6. The molecule has 0 bridgehead atoms. The molecule has 0 aromatic heterocycles. The minimum absolute atomic E-state index is 0. The number of rotatable bonds is 1. The topological polar surface area (TPSA) is 89.4 Å². The fraction of sp³-hybridized carbons (Fsp3) is 0.250. The molecule has 1 rings (SSSR count). The van der Waals surface area contributed by atoms with Gasteiger partial charge in [-0.25, -0.2) is 0 Å². The molecule has 4 nitrogen and oxygen atoms in total. The quantitative estimate of drug-likeness (QED) is 0.517. The van der Waals surface area contributed by atoms with E-state index < -0.39 is 22.6 Å². The van der Waals surface area contributed by atoms with Crippen molar-refractivity contribution in [2.75, 3.05) is 0 Å². The van der Waals surface area contributed by atoms with Gasteiger partial charge in [-0.15, -0.1) is 0 Å². The zero-order valence-electron chi connectivity index (χ0n) is 8.88. The first-order valence-electron chi connectivity index (χ1n) is 4.09. The summed E-state index contributed by atoms with van der Waals surface area (Å²) in [6.45, 7) is 0. The van der Waals surface area contributed by atoms with Gasteiger partial charge in [0.2, 0.25) is 7.59 Å². The molecule has 110 valence electrons. The van der Waals surface area contributed by atoms with E-state index in [-0.39, 0.29) is 17.3 Å². The fourth-order valence-electron chi connectivity index (χ4n) is 1.15. The summed E-state index contributed by atoms with van der Waals surface area (Å²) >= 11 is 33.8. The molecule has 0 aliphatic carbocycles. The number of alkyl halides is 6. The van der Waals surface area contributed by atoms with Crippen LogP contribution in [0.5, 0.6) is 0 Å². The maximum Gasteiger partial charge on any atom is 0.294 e. The highest BCUT2D eigenvalue weighted by Crippen LogP contribution is 2.45. The van der Waals surface area contributed by atoms with E-state index in [2.05, 4.69) is 0 Å². The summed E-state index contributed by atoms with van der Waals surface area (Å²) in [6, 6.07) is 3.27. The van der Waals surface area contributed by atoms with Gasteiger partial charge in [-0.1, -0.05) is 75.7 Å². The first-order chi connectivity index (χ1) is 7.83. The first kappa shape index (κ1) is 19.8. The Morgan fingerprint density at radius 1 is 0.947 bits per heavy atom. The number of hydrogen-bond donors (Lipinski definition) is 2. The van der Waals surface area contributed by atoms with Gasteiger partial charge in [-0.2, -0.15) is 8.42 Å². The van der Waals surface area contributed by atoms with Gasteiger partial charge in [0, 0.05) is 11.1 Å². The van der Waals surface area contributed by atoms with Gasteiger partial charge in [-0.05, 0) is 12.1 Å². The second kappa shape index (κ2) is 6.30. The van der Waals surface area contributed by atoms with Crippen molar-refractivity contribution in [3.8, 4) is 0 Å². The molecule has 11 heteroatoms. The second-order valence-corrected chi connectivity index (χ2v) is 9.13. The van der Waals surface area contributed by atoms with Crippen LogP contribution >= 0.6 is 69.6 Å². The van der Waals surface area contributed by atoms with Gasteiger partial charge in [0.1, 0.15) is 4.90 Å². The van der Waals surface area contributed by atoms with Crippen LogP contribution in [0, 0.1) is 0 Å². The molecule has 0 aliphatic rings. The van der Waals surface area contributed by atoms with Gasteiger partial charge >= 0.3 is 0 Å². The van der Waals surface area contributed by atoms with Crippen LogP contribution in [0.1, 0.15) is 11.1 Å². The zero-order valence-corrected chi connectivity index (χ0v) is 14.2. The van der Waals surface area contributed by atoms with E-state index in [0.29, 0.717) is 0 Å². The normalized spacial score (nSPS) is 13.0. The molecule has 0 amide bonds. The number of halogens is 6. The van der Waals surface area contributed by atoms with E-state index in [1.54, 1.807) is 0 Å². The van der Waals surface area contributed by atoms with Crippen LogP contribution in [0.3, 0.4) is 0 Å². The lowest BCUT2D eigenvalue weighted by Gasteiger charge is -2.19. The molecule has 0 aliphatic heterocycles. The van der Waals surface area contributed by atoms with Crippen LogP contribution in [-0.2, 0) is 17.7 Å². The van der Waals surface area contributed by atoms with Crippen molar-refractivity contribution in [3.63, 3.8) is 0 Å². The van der Waals surface area contributed by atoms with Crippen LogP contribution in [0.4, 0.5) is 0 Å². The lowest BCUT2D eigenvalue weighted by Crippen LogP contribution is -2.12. The van der Waals surface area contributed by atoms with Crippen LogP contribution < -0.4 is 6.15 Å². The molecule has 0 fully saturated rings. The van der Waals surface area contributed by atoms with Crippen molar-refractivity contribution in [3.05, 3.63) is 29.3 Å². The predicted octanol–water partition coefficient (Wildman–Crippen LogP) is 4.75. The summed E-state index contributed by atoms with van der Waals surface area (Å²) in [5, 5.41) is 0. The predicted molar refractivity (Wildman–Crippen MR) is 79.8 cm³/mol. The van der Waals surface area contributed by atoms with Crippen LogP contribution in [-0.4, -0.2) is 13.0 Å². The molecule has 19 heavy (non-hydrogen) atoms. The molecule has 0 atom stereocenters. The average Bonchev–Trinajstić information content (AvgIpc) is 2.12. The van der Waals surface area contributed by atoms with Gasteiger partial charge < -0.3 is 6.15 Å². The van der Waals surface area contributed by atoms with E-state index in [1.807, 2.05) is 0 Å². The number of benzene rings is 1. The molecular weight excluding hydrogens is 403 g/mol. The van der Waals surface area contributed by atoms with Crippen molar-refractivity contribution in [2.45, 2.75) is 12.5 Å². The summed E-state index contributed by atoms with van der Waals surface area (Å²) in [5.41, 5.74) is -0.208. The van der Waals surface area contributed by atoms with E-state index in [0.717, 1.165) is 12.1 Å². The zero-order chi connectivity index (χ0) is 14.4. The summed E-state index contributed by atoms with van der Waals surface area (Å²) < 4.78 is 27.4. The van der Waals surface area contributed by atoms with Crippen LogP contribution in [0.25, 0.3) is 0 Å². The van der Waals surface area contributed by atoms with Gasteiger partial charge in [0.25, 0.3) is 10.1 Å². The smallest absolute Gasteiger partial charge is 0.294 e. The molecule has 0 saturated carbocycles. The summed E-state index contributed by atoms with van der Waals surface area (Å²) in [4.78, 5) is -0.569.